The molecule has 0 atom stereocenters. The van der Waals surface area contributed by atoms with Crippen molar-refractivity contribution in [3.8, 4) is 0 Å². The van der Waals surface area contributed by atoms with Crippen LogP contribution < -0.4 is 10.7 Å². The number of carbonyl (C=O) groups is 2. The van der Waals surface area contributed by atoms with Crippen LogP contribution in [0.2, 0.25) is 0 Å². The van der Waals surface area contributed by atoms with Crippen molar-refractivity contribution in [1.29, 1.82) is 0 Å². The predicted molar refractivity (Wildman–Crippen MR) is 99.3 cm³/mol. The maximum Gasteiger partial charge on any atom is 0.435 e. The number of hydrogen-bond acceptors (Lipinski definition) is 3. The number of halogens is 4. The van der Waals surface area contributed by atoms with Gasteiger partial charge in [0.25, 0.3) is 5.91 Å². The summed E-state index contributed by atoms with van der Waals surface area (Å²) >= 11 is 0. The third-order valence-corrected chi connectivity index (χ3v) is 4.04. The highest BCUT2D eigenvalue weighted by Crippen LogP contribution is 2.28. The van der Waals surface area contributed by atoms with E-state index in [-0.39, 0.29) is 24.2 Å². The highest BCUT2D eigenvalue weighted by atomic mass is 19.4. The van der Waals surface area contributed by atoms with Gasteiger partial charge in [0.2, 0.25) is 5.91 Å². The van der Waals surface area contributed by atoms with Gasteiger partial charge < -0.3 is 5.32 Å². The van der Waals surface area contributed by atoms with Gasteiger partial charge in [-0.05, 0) is 35.9 Å². The molecule has 0 aliphatic rings. The Labute approximate surface area is 168 Å². The second-order valence-corrected chi connectivity index (χ2v) is 6.32. The lowest BCUT2D eigenvalue weighted by atomic mass is 10.1. The predicted octanol–water partition coefficient (Wildman–Crippen LogP) is 3.28. The number of amides is 2. The molecule has 0 radical (unpaired) electrons. The fourth-order valence-corrected chi connectivity index (χ4v) is 2.62. The van der Waals surface area contributed by atoms with E-state index in [1.807, 2.05) is 0 Å². The second-order valence-electron chi connectivity index (χ2n) is 6.32. The van der Waals surface area contributed by atoms with Crippen molar-refractivity contribution in [2.75, 3.05) is 5.43 Å². The molecular weight excluding hydrogens is 404 g/mol. The zero-order chi connectivity index (χ0) is 21.7. The molecule has 2 aromatic carbocycles. The summed E-state index contributed by atoms with van der Waals surface area (Å²) in [6.45, 7) is -0.327. The highest BCUT2D eigenvalue weighted by Gasteiger charge is 2.35. The van der Waals surface area contributed by atoms with Crippen molar-refractivity contribution < 1.29 is 27.2 Å². The first kappa shape index (κ1) is 21.0. The van der Waals surface area contributed by atoms with Gasteiger partial charge >= 0.3 is 6.18 Å². The van der Waals surface area contributed by atoms with E-state index in [1.54, 1.807) is 24.3 Å². The minimum atomic E-state index is -4.73. The van der Waals surface area contributed by atoms with Crippen LogP contribution in [-0.2, 0) is 23.9 Å². The van der Waals surface area contributed by atoms with Crippen LogP contribution >= 0.6 is 0 Å². The Bertz CT molecular complexity index is 1050. The van der Waals surface area contributed by atoms with Crippen LogP contribution in [0.25, 0.3) is 0 Å². The number of nitrogens with zero attached hydrogens (tertiary/aromatic N) is 2. The molecule has 0 saturated heterocycles. The molecule has 1 heterocycles. The summed E-state index contributed by atoms with van der Waals surface area (Å²) in [5.74, 6) is -1.70. The second kappa shape index (κ2) is 8.76. The standard InChI is InChI=1S/C20H16F4N4O2/c21-15-8-4-5-13(9-15)10-18(29)25-12-16-11-17(20(22,23)24)26-28(16)27-19(30)14-6-2-1-3-7-14/h1-9,11H,10,12H2,(H,25,29)(H,27,30). The Morgan fingerprint density at radius 2 is 1.73 bits per heavy atom. The number of hydrogen-bond donors (Lipinski definition) is 2. The van der Waals surface area contributed by atoms with Crippen LogP contribution in [0.4, 0.5) is 17.6 Å². The van der Waals surface area contributed by atoms with Gasteiger partial charge in [-0.1, -0.05) is 30.3 Å². The quantitative estimate of drug-likeness (QED) is 0.601. The van der Waals surface area contributed by atoms with Crippen LogP contribution in [0.3, 0.4) is 0 Å². The fraction of sp³-hybridized carbons (Fsp3) is 0.150. The zero-order valence-electron chi connectivity index (χ0n) is 15.4. The van der Waals surface area contributed by atoms with E-state index in [1.165, 1.54) is 30.3 Å². The first-order valence-corrected chi connectivity index (χ1v) is 8.76. The van der Waals surface area contributed by atoms with Gasteiger partial charge in [0.1, 0.15) is 5.82 Å². The van der Waals surface area contributed by atoms with Crippen LogP contribution in [0.5, 0.6) is 0 Å². The number of alkyl halides is 3. The van der Waals surface area contributed by atoms with Crippen molar-refractivity contribution >= 4 is 11.8 Å². The molecule has 1 aromatic heterocycles. The van der Waals surface area contributed by atoms with E-state index in [2.05, 4.69) is 15.8 Å². The minimum absolute atomic E-state index is 0.0841. The lowest BCUT2D eigenvalue weighted by Crippen LogP contribution is -2.30. The summed E-state index contributed by atoms with van der Waals surface area (Å²) in [6, 6.07) is 14.0. The topological polar surface area (TPSA) is 76.0 Å². The van der Waals surface area contributed by atoms with Crippen LogP contribution in [0, 0.1) is 5.82 Å². The van der Waals surface area contributed by atoms with Crippen LogP contribution in [0.1, 0.15) is 27.3 Å². The molecule has 6 nitrogen and oxygen atoms in total. The summed E-state index contributed by atoms with van der Waals surface area (Å²) in [4.78, 5) is 25.0. The van der Waals surface area contributed by atoms with Gasteiger partial charge in [-0.25, -0.2) is 9.82 Å². The monoisotopic (exact) mass is 420 g/mol. The Kier molecular flexibility index (Phi) is 6.14. The van der Waals surface area contributed by atoms with Gasteiger partial charge in [-0.2, -0.15) is 18.0 Å². The van der Waals surface area contributed by atoms with Gasteiger partial charge in [-0.15, -0.1) is 5.10 Å². The van der Waals surface area contributed by atoms with Crippen molar-refractivity contribution in [1.82, 2.24) is 15.2 Å². The summed E-state index contributed by atoms with van der Waals surface area (Å²) in [5.41, 5.74) is 1.60. The summed E-state index contributed by atoms with van der Waals surface area (Å²) in [5, 5.41) is 5.82. The lowest BCUT2D eigenvalue weighted by molar-refractivity contribution is -0.141. The van der Waals surface area contributed by atoms with Gasteiger partial charge in [0.05, 0.1) is 18.7 Å². The normalized spacial score (nSPS) is 11.2. The first-order chi connectivity index (χ1) is 14.2. The number of nitrogens with one attached hydrogen (secondary N) is 2. The average molecular weight is 420 g/mol. The molecule has 0 spiro atoms. The summed E-state index contributed by atoms with van der Waals surface area (Å²) in [7, 11) is 0. The summed E-state index contributed by atoms with van der Waals surface area (Å²) < 4.78 is 52.4. The SMILES string of the molecule is O=C(Cc1cccc(F)c1)NCc1cc(C(F)(F)F)nn1NC(=O)c1ccccc1. The molecule has 3 aromatic rings. The number of carbonyl (C=O) groups excluding carboxylic acids is 2. The summed E-state index contributed by atoms with van der Waals surface area (Å²) in [6.07, 6.45) is -4.89. The number of benzene rings is 2. The minimum Gasteiger partial charge on any atom is -0.350 e. The smallest absolute Gasteiger partial charge is 0.350 e. The number of aromatic nitrogens is 2. The Morgan fingerprint density at radius 1 is 1.00 bits per heavy atom. The third kappa shape index (κ3) is 5.43. The maximum atomic E-state index is 13.2. The van der Waals surface area contributed by atoms with Crippen molar-refractivity contribution in [3.63, 3.8) is 0 Å². The maximum absolute atomic E-state index is 13.2. The van der Waals surface area contributed by atoms with E-state index in [4.69, 9.17) is 0 Å². The molecule has 2 N–H and O–H groups in total. The molecule has 0 saturated carbocycles. The average Bonchev–Trinajstić information content (AvgIpc) is 3.10. The third-order valence-electron chi connectivity index (χ3n) is 4.04. The van der Waals surface area contributed by atoms with Crippen LogP contribution in [0.15, 0.2) is 60.7 Å². The van der Waals surface area contributed by atoms with Gasteiger partial charge in [0, 0.05) is 5.56 Å². The Hall–Kier alpha value is -3.69. The van der Waals surface area contributed by atoms with E-state index < -0.39 is 29.5 Å². The Balaban J connectivity index is 1.73. The zero-order valence-corrected chi connectivity index (χ0v) is 15.4. The molecule has 3 rings (SSSR count). The molecule has 2 amide bonds. The van der Waals surface area contributed by atoms with Crippen LogP contribution in [-0.4, -0.2) is 21.7 Å². The molecule has 0 unspecified atom stereocenters. The largest absolute Gasteiger partial charge is 0.435 e. The van der Waals surface area contributed by atoms with Crippen molar-refractivity contribution in [2.24, 2.45) is 0 Å². The van der Waals surface area contributed by atoms with Gasteiger partial charge in [0.15, 0.2) is 5.69 Å². The van der Waals surface area contributed by atoms with E-state index in [9.17, 15) is 27.2 Å². The van der Waals surface area contributed by atoms with Crippen molar-refractivity contribution in [3.05, 3.63) is 89.0 Å². The van der Waals surface area contributed by atoms with Gasteiger partial charge in [-0.3, -0.25) is 9.59 Å². The molecule has 0 aliphatic heterocycles. The fourth-order valence-electron chi connectivity index (χ4n) is 2.62. The molecule has 0 aliphatic carbocycles. The number of rotatable bonds is 6. The van der Waals surface area contributed by atoms with E-state index in [0.717, 1.165) is 6.07 Å². The first-order valence-electron chi connectivity index (χ1n) is 8.76. The Morgan fingerprint density at radius 3 is 2.40 bits per heavy atom. The molecule has 0 bridgehead atoms. The molecule has 10 heteroatoms. The van der Waals surface area contributed by atoms with E-state index >= 15 is 0 Å². The molecule has 0 fully saturated rings. The van der Waals surface area contributed by atoms with Crippen molar-refractivity contribution in [2.45, 2.75) is 19.1 Å². The highest BCUT2D eigenvalue weighted by molar-refractivity contribution is 5.99. The lowest BCUT2D eigenvalue weighted by Gasteiger charge is -2.10. The molecular formula is C20H16F4N4O2. The molecule has 156 valence electrons. The molecule has 30 heavy (non-hydrogen) atoms. The van der Waals surface area contributed by atoms with E-state index in [0.29, 0.717) is 10.4 Å².